The summed E-state index contributed by atoms with van der Waals surface area (Å²) >= 11 is 7.39. The lowest BCUT2D eigenvalue weighted by Crippen LogP contribution is -2.14. The number of nitrogens with zero attached hydrogens (tertiary/aromatic N) is 3. The molecule has 2 aromatic carbocycles. The van der Waals surface area contributed by atoms with Gasteiger partial charge in [-0.05, 0) is 31.2 Å². The van der Waals surface area contributed by atoms with Gasteiger partial charge in [0, 0.05) is 11.9 Å². The summed E-state index contributed by atoms with van der Waals surface area (Å²) in [5, 5.41) is 13.4. The number of hydrogen-bond donors (Lipinski definition) is 1. The Bertz CT molecular complexity index is 1200. The summed E-state index contributed by atoms with van der Waals surface area (Å²) in [4.78, 5) is 12.3. The first-order valence-electron chi connectivity index (χ1n) is 9.28. The normalized spacial score (nSPS) is 11.0. The molecule has 0 atom stereocenters. The van der Waals surface area contributed by atoms with Gasteiger partial charge in [0.2, 0.25) is 11.7 Å². The van der Waals surface area contributed by atoms with Gasteiger partial charge >= 0.3 is 0 Å². The highest BCUT2D eigenvalue weighted by Crippen LogP contribution is 2.33. The number of carbonyl (C=O) groups excluding carboxylic acids is 1. The lowest BCUT2D eigenvalue weighted by molar-refractivity contribution is -0.113. The first-order chi connectivity index (χ1) is 14.6. The standard InChI is InChI=1S/C21H19ClN4O3S/c1-3-26-20(17-11-13-7-6-10-16(28-2)19(13)29-17)24-25-21(26)30-12-18(27)23-15-9-5-4-8-14(15)22/h4-11H,3,12H2,1-2H3,(H,23,27). The summed E-state index contributed by atoms with van der Waals surface area (Å²) in [5.41, 5.74) is 1.24. The molecule has 4 aromatic rings. The summed E-state index contributed by atoms with van der Waals surface area (Å²) in [6, 6.07) is 14.7. The Hall–Kier alpha value is -2.97. The summed E-state index contributed by atoms with van der Waals surface area (Å²) in [7, 11) is 1.61. The Morgan fingerprint density at radius 3 is 2.83 bits per heavy atom. The molecule has 1 amide bonds. The molecule has 0 saturated carbocycles. The molecule has 0 saturated heterocycles. The fraction of sp³-hybridized carbons (Fsp3) is 0.190. The zero-order valence-electron chi connectivity index (χ0n) is 16.4. The number of ether oxygens (including phenoxy) is 1. The second kappa shape index (κ2) is 8.81. The van der Waals surface area contributed by atoms with E-state index in [1.807, 2.05) is 47.9 Å². The predicted octanol–water partition coefficient (Wildman–Crippen LogP) is 5.10. The second-order valence-electron chi connectivity index (χ2n) is 6.36. The topological polar surface area (TPSA) is 82.2 Å². The molecule has 0 aliphatic rings. The molecule has 0 aliphatic carbocycles. The van der Waals surface area contributed by atoms with Crippen LogP contribution in [0.15, 0.2) is 58.1 Å². The van der Waals surface area contributed by atoms with Gasteiger partial charge in [0.15, 0.2) is 22.2 Å². The van der Waals surface area contributed by atoms with Gasteiger partial charge in [0.05, 0.1) is 23.6 Å². The Morgan fingerprint density at radius 2 is 2.07 bits per heavy atom. The van der Waals surface area contributed by atoms with Crippen molar-refractivity contribution in [3.63, 3.8) is 0 Å². The maximum atomic E-state index is 12.3. The molecular formula is C21H19ClN4O3S. The number of fused-ring (bicyclic) bond motifs is 1. The van der Waals surface area contributed by atoms with E-state index in [1.165, 1.54) is 11.8 Å². The van der Waals surface area contributed by atoms with Crippen LogP contribution in [-0.2, 0) is 11.3 Å². The molecule has 4 rings (SSSR count). The van der Waals surface area contributed by atoms with Gasteiger partial charge in [-0.1, -0.05) is 47.6 Å². The number of para-hydroxylation sites is 2. The molecule has 1 N–H and O–H groups in total. The summed E-state index contributed by atoms with van der Waals surface area (Å²) in [6.07, 6.45) is 0. The SMILES string of the molecule is CCn1c(SCC(=O)Nc2ccccc2Cl)nnc1-c1cc2cccc(OC)c2o1. The number of halogens is 1. The number of rotatable bonds is 7. The molecule has 0 bridgehead atoms. The highest BCUT2D eigenvalue weighted by molar-refractivity contribution is 7.99. The van der Waals surface area contributed by atoms with Crippen LogP contribution in [0.2, 0.25) is 5.02 Å². The van der Waals surface area contributed by atoms with Crippen molar-refractivity contribution in [2.24, 2.45) is 0 Å². The van der Waals surface area contributed by atoms with Crippen LogP contribution in [-0.4, -0.2) is 33.5 Å². The molecule has 2 heterocycles. The highest BCUT2D eigenvalue weighted by atomic mass is 35.5. The first-order valence-corrected chi connectivity index (χ1v) is 10.6. The van der Waals surface area contributed by atoms with Crippen molar-refractivity contribution in [1.82, 2.24) is 14.8 Å². The van der Waals surface area contributed by atoms with Crippen LogP contribution in [0.5, 0.6) is 5.75 Å². The summed E-state index contributed by atoms with van der Waals surface area (Å²) in [5.74, 6) is 1.86. The van der Waals surface area contributed by atoms with Crippen LogP contribution in [0.1, 0.15) is 6.92 Å². The van der Waals surface area contributed by atoms with E-state index in [0.29, 0.717) is 45.3 Å². The number of furan rings is 1. The molecule has 0 aliphatic heterocycles. The minimum atomic E-state index is -0.172. The average molecular weight is 443 g/mol. The lowest BCUT2D eigenvalue weighted by Gasteiger charge is -2.07. The number of amides is 1. The van der Waals surface area contributed by atoms with E-state index in [2.05, 4.69) is 15.5 Å². The Morgan fingerprint density at radius 1 is 1.23 bits per heavy atom. The molecule has 154 valence electrons. The van der Waals surface area contributed by atoms with Crippen LogP contribution < -0.4 is 10.1 Å². The van der Waals surface area contributed by atoms with Crippen molar-refractivity contribution in [2.45, 2.75) is 18.6 Å². The minimum Gasteiger partial charge on any atom is -0.493 e. The van der Waals surface area contributed by atoms with Crippen LogP contribution >= 0.6 is 23.4 Å². The predicted molar refractivity (Wildman–Crippen MR) is 118 cm³/mol. The van der Waals surface area contributed by atoms with Gasteiger partial charge in [-0.25, -0.2) is 0 Å². The second-order valence-corrected chi connectivity index (χ2v) is 7.71. The zero-order chi connectivity index (χ0) is 21.1. The van der Waals surface area contributed by atoms with Crippen LogP contribution in [0.25, 0.3) is 22.6 Å². The number of thioether (sulfide) groups is 1. The highest BCUT2D eigenvalue weighted by Gasteiger charge is 2.19. The maximum absolute atomic E-state index is 12.3. The van der Waals surface area contributed by atoms with Crippen molar-refractivity contribution in [3.05, 3.63) is 53.6 Å². The van der Waals surface area contributed by atoms with Crippen LogP contribution in [0, 0.1) is 0 Å². The fourth-order valence-electron chi connectivity index (χ4n) is 3.05. The number of benzene rings is 2. The Balaban J connectivity index is 1.53. The zero-order valence-corrected chi connectivity index (χ0v) is 18.0. The van der Waals surface area contributed by atoms with Crippen LogP contribution in [0.3, 0.4) is 0 Å². The van der Waals surface area contributed by atoms with E-state index in [9.17, 15) is 4.79 Å². The third kappa shape index (κ3) is 4.01. The van der Waals surface area contributed by atoms with Gasteiger partial charge < -0.3 is 14.5 Å². The lowest BCUT2D eigenvalue weighted by atomic mass is 10.2. The van der Waals surface area contributed by atoms with E-state index >= 15 is 0 Å². The fourth-order valence-corrected chi connectivity index (χ4v) is 4.03. The van der Waals surface area contributed by atoms with E-state index in [4.69, 9.17) is 20.8 Å². The van der Waals surface area contributed by atoms with Gasteiger partial charge in [0.25, 0.3) is 0 Å². The summed E-state index contributed by atoms with van der Waals surface area (Å²) in [6.45, 7) is 2.62. The quantitative estimate of drug-likeness (QED) is 0.401. The van der Waals surface area contributed by atoms with E-state index < -0.39 is 0 Å². The molecule has 9 heteroatoms. The number of nitrogens with one attached hydrogen (secondary N) is 1. The molecule has 7 nitrogen and oxygen atoms in total. The van der Waals surface area contributed by atoms with E-state index in [0.717, 1.165) is 5.39 Å². The van der Waals surface area contributed by atoms with Gasteiger partial charge in [-0.15, -0.1) is 10.2 Å². The van der Waals surface area contributed by atoms with Crippen molar-refractivity contribution >= 4 is 45.9 Å². The van der Waals surface area contributed by atoms with Gasteiger partial charge in [-0.3, -0.25) is 9.36 Å². The van der Waals surface area contributed by atoms with Gasteiger partial charge in [-0.2, -0.15) is 0 Å². The number of carbonyl (C=O) groups is 1. The van der Waals surface area contributed by atoms with Crippen molar-refractivity contribution in [1.29, 1.82) is 0 Å². The van der Waals surface area contributed by atoms with Crippen molar-refractivity contribution < 1.29 is 13.9 Å². The molecule has 0 spiro atoms. The molecule has 2 aromatic heterocycles. The third-order valence-corrected chi connectivity index (χ3v) is 5.76. The number of methoxy groups -OCH3 is 1. The number of anilines is 1. The maximum Gasteiger partial charge on any atom is 0.234 e. The monoisotopic (exact) mass is 442 g/mol. The van der Waals surface area contributed by atoms with Crippen LogP contribution in [0.4, 0.5) is 5.69 Å². The Labute approximate surface area is 182 Å². The largest absolute Gasteiger partial charge is 0.493 e. The summed E-state index contributed by atoms with van der Waals surface area (Å²) < 4.78 is 13.3. The van der Waals surface area contributed by atoms with Gasteiger partial charge in [0.1, 0.15) is 0 Å². The molecule has 0 unspecified atom stereocenters. The molecule has 0 fully saturated rings. The third-order valence-electron chi connectivity index (χ3n) is 4.46. The Kier molecular flexibility index (Phi) is 5.96. The molecular weight excluding hydrogens is 424 g/mol. The first kappa shape index (κ1) is 20.3. The average Bonchev–Trinajstić information content (AvgIpc) is 3.37. The molecule has 30 heavy (non-hydrogen) atoms. The number of hydrogen-bond acceptors (Lipinski definition) is 6. The van der Waals surface area contributed by atoms with E-state index in [1.54, 1.807) is 19.2 Å². The van der Waals surface area contributed by atoms with Crippen molar-refractivity contribution in [3.8, 4) is 17.3 Å². The smallest absolute Gasteiger partial charge is 0.234 e. The minimum absolute atomic E-state index is 0.172. The number of aromatic nitrogens is 3. The van der Waals surface area contributed by atoms with E-state index in [-0.39, 0.29) is 11.7 Å². The van der Waals surface area contributed by atoms with Crippen molar-refractivity contribution in [2.75, 3.05) is 18.2 Å². The molecule has 0 radical (unpaired) electrons.